The Hall–Kier alpha value is -4.81. The third kappa shape index (κ3) is 5.74. The Balaban J connectivity index is 1.21. The number of benzene rings is 2. The first-order valence-electron chi connectivity index (χ1n) is 12.9. The van der Waals surface area contributed by atoms with Crippen LogP contribution < -0.4 is 10.6 Å². The highest BCUT2D eigenvalue weighted by Crippen LogP contribution is 2.52. The first-order valence-corrected chi connectivity index (χ1v) is 12.9. The third-order valence-corrected chi connectivity index (χ3v) is 6.79. The van der Waals surface area contributed by atoms with E-state index in [-0.39, 0.29) is 41.4 Å². The molecule has 1 aliphatic rings. The number of H-pyrrole nitrogens is 1. The fourth-order valence-corrected chi connectivity index (χ4v) is 4.24. The van der Waals surface area contributed by atoms with Crippen LogP contribution in [0, 0.1) is 0 Å². The number of nitrogens with zero attached hydrogens (tertiary/aromatic N) is 4. The lowest BCUT2D eigenvalue weighted by molar-refractivity contribution is -0.166. The van der Waals surface area contributed by atoms with Crippen molar-refractivity contribution in [2.75, 3.05) is 0 Å². The molecule has 0 saturated carbocycles. The number of carbonyl (C=O) groups excluding carboxylic acids is 2. The van der Waals surface area contributed by atoms with Crippen molar-refractivity contribution in [1.82, 2.24) is 25.8 Å². The number of halogens is 3. The van der Waals surface area contributed by atoms with Gasteiger partial charge in [-0.25, -0.2) is 4.98 Å². The van der Waals surface area contributed by atoms with Gasteiger partial charge >= 0.3 is 11.8 Å². The topological polar surface area (TPSA) is 138 Å². The van der Waals surface area contributed by atoms with E-state index in [1.807, 2.05) is 19.9 Å². The van der Waals surface area contributed by atoms with Gasteiger partial charge in [0.2, 0.25) is 11.7 Å². The maximum atomic E-state index is 13.2. The summed E-state index contributed by atoms with van der Waals surface area (Å²) in [5.74, 6) is -0.402. The molecule has 13 heteroatoms. The van der Waals surface area contributed by atoms with Crippen molar-refractivity contribution >= 4 is 11.8 Å². The van der Waals surface area contributed by atoms with Crippen molar-refractivity contribution < 1.29 is 27.2 Å². The molecule has 1 aliphatic heterocycles. The van der Waals surface area contributed by atoms with Crippen molar-refractivity contribution in [2.45, 2.75) is 51.1 Å². The second-order valence-corrected chi connectivity index (χ2v) is 9.51. The molecule has 0 unspecified atom stereocenters. The molecular formula is C28H26F3N7O3. The van der Waals surface area contributed by atoms with E-state index in [9.17, 15) is 22.8 Å². The van der Waals surface area contributed by atoms with Crippen LogP contribution in [0.15, 0.2) is 75.4 Å². The summed E-state index contributed by atoms with van der Waals surface area (Å²) < 4.78 is 45.2. The van der Waals surface area contributed by atoms with Crippen molar-refractivity contribution in [3.8, 4) is 22.7 Å². The zero-order chi connectivity index (χ0) is 29.2. The van der Waals surface area contributed by atoms with Gasteiger partial charge in [0.05, 0.1) is 11.9 Å². The average molecular weight is 566 g/mol. The Bertz CT molecular complexity index is 1580. The molecule has 0 bridgehead atoms. The molecule has 0 saturated heterocycles. The molecule has 5 rings (SSSR count). The standard InChI is InChI=1S/C28H26F3N7O3/c1-3-20(4-2)34-25(40)23-15-33-26(41-23)18-7-5-6-17(12-18)21-13-22(36-35-21)24(39)32-14-16-8-10-19(11-9-16)27(37-38-27)28(29,30)31/h5-13,15,20H,3-4,14H2,1-2H3,(H,32,39)(H,34,40)(H,35,36). The fraction of sp³-hybridized carbons (Fsp3) is 0.286. The molecule has 0 fully saturated rings. The summed E-state index contributed by atoms with van der Waals surface area (Å²) in [6, 6.07) is 14.4. The molecule has 10 nitrogen and oxygen atoms in total. The highest BCUT2D eigenvalue weighted by molar-refractivity contribution is 5.93. The van der Waals surface area contributed by atoms with Crippen LogP contribution in [-0.4, -0.2) is 39.2 Å². The van der Waals surface area contributed by atoms with E-state index in [0.29, 0.717) is 22.4 Å². The van der Waals surface area contributed by atoms with Gasteiger partial charge in [0.1, 0.15) is 0 Å². The van der Waals surface area contributed by atoms with Gasteiger partial charge in [-0.3, -0.25) is 14.7 Å². The van der Waals surface area contributed by atoms with E-state index >= 15 is 0 Å². The Morgan fingerprint density at radius 3 is 2.37 bits per heavy atom. The second kappa shape index (κ2) is 11.0. The number of nitrogens with one attached hydrogen (secondary N) is 3. The van der Waals surface area contributed by atoms with E-state index in [4.69, 9.17) is 4.42 Å². The summed E-state index contributed by atoms with van der Waals surface area (Å²) in [5.41, 5.74) is 0.0771. The molecule has 0 atom stereocenters. The molecule has 41 heavy (non-hydrogen) atoms. The van der Waals surface area contributed by atoms with Crippen LogP contribution >= 0.6 is 0 Å². The van der Waals surface area contributed by atoms with Crippen LogP contribution in [0.1, 0.15) is 58.9 Å². The number of amides is 2. The summed E-state index contributed by atoms with van der Waals surface area (Å²) in [4.78, 5) is 29.4. The summed E-state index contributed by atoms with van der Waals surface area (Å²) in [7, 11) is 0. The molecule has 2 aromatic heterocycles. The lowest BCUT2D eigenvalue weighted by atomic mass is 10.0. The highest BCUT2D eigenvalue weighted by Gasteiger charge is 2.65. The minimum Gasteiger partial charge on any atom is -0.431 e. The SMILES string of the molecule is CCC(CC)NC(=O)c1cnc(-c2cccc(-c3cc(C(=O)NCc4ccc(C5(C(F)(F)F)N=N5)cc4)n[nH]3)c2)o1. The van der Waals surface area contributed by atoms with E-state index in [2.05, 4.69) is 36.0 Å². The average Bonchev–Trinajstić information content (AvgIpc) is 3.40. The molecule has 2 aromatic carbocycles. The maximum absolute atomic E-state index is 13.2. The predicted octanol–water partition coefficient (Wildman–Crippen LogP) is 5.76. The van der Waals surface area contributed by atoms with E-state index in [0.717, 1.165) is 12.8 Å². The van der Waals surface area contributed by atoms with Gasteiger partial charge in [-0.15, -0.1) is 10.2 Å². The van der Waals surface area contributed by atoms with Crippen LogP contribution in [-0.2, 0) is 12.2 Å². The zero-order valence-corrected chi connectivity index (χ0v) is 22.1. The van der Waals surface area contributed by atoms with Gasteiger partial charge in [-0.2, -0.15) is 18.3 Å². The molecule has 2 amide bonds. The Morgan fingerprint density at radius 2 is 1.71 bits per heavy atom. The van der Waals surface area contributed by atoms with Crippen molar-refractivity contribution in [3.05, 3.63) is 83.4 Å². The molecule has 3 N–H and O–H groups in total. The largest absolute Gasteiger partial charge is 0.442 e. The Kier molecular flexibility index (Phi) is 7.43. The number of hydrogen-bond acceptors (Lipinski definition) is 7. The van der Waals surface area contributed by atoms with Gasteiger partial charge in [-0.1, -0.05) is 50.2 Å². The van der Waals surface area contributed by atoms with Gasteiger partial charge in [0.25, 0.3) is 11.8 Å². The molecule has 4 aromatic rings. The summed E-state index contributed by atoms with van der Waals surface area (Å²) in [6.07, 6.45) is -1.60. The van der Waals surface area contributed by atoms with Gasteiger partial charge in [0, 0.05) is 29.3 Å². The van der Waals surface area contributed by atoms with Crippen molar-refractivity contribution in [1.29, 1.82) is 0 Å². The van der Waals surface area contributed by atoms with Gasteiger partial charge in [-0.05, 0) is 36.6 Å². The lowest BCUT2D eigenvalue weighted by Gasteiger charge is -2.15. The third-order valence-electron chi connectivity index (χ3n) is 6.79. The quantitative estimate of drug-likeness (QED) is 0.224. The number of aromatic nitrogens is 3. The van der Waals surface area contributed by atoms with Crippen molar-refractivity contribution in [3.63, 3.8) is 0 Å². The van der Waals surface area contributed by atoms with Crippen LogP contribution in [0.2, 0.25) is 0 Å². The highest BCUT2D eigenvalue weighted by atomic mass is 19.4. The molecular weight excluding hydrogens is 539 g/mol. The number of carbonyl (C=O) groups is 2. The van der Waals surface area contributed by atoms with Crippen LogP contribution in [0.4, 0.5) is 13.2 Å². The van der Waals surface area contributed by atoms with E-state index in [1.165, 1.54) is 30.5 Å². The number of oxazole rings is 1. The Morgan fingerprint density at radius 1 is 1.00 bits per heavy atom. The smallest absolute Gasteiger partial charge is 0.431 e. The number of hydrogen-bond donors (Lipinski definition) is 3. The molecule has 212 valence electrons. The maximum Gasteiger partial charge on any atom is 0.442 e. The normalized spacial score (nSPS) is 13.8. The lowest BCUT2D eigenvalue weighted by Crippen LogP contribution is -2.33. The second-order valence-electron chi connectivity index (χ2n) is 9.51. The molecule has 0 aliphatic carbocycles. The Labute approximate surface area is 232 Å². The fourth-order valence-electron chi connectivity index (χ4n) is 4.24. The molecule has 0 radical (unpaired) electrons. The van der Waals surface area contributed by atoms with Gasteiger partial charge in [0.15, 0.2) is 5.69 Å². The number of rotatable bonds is 10. The van der Waals surface area contributed by atoms with E-state index < -0.39 is 17.7 Å². The first-order chi connectivity index (χ1) is 19.6. The summed E-state index contributed by atoms with van der Waals surface area (Å²) >= 11 is 0. The number of aromatic amines is 1. The van der Waals surface area contributed by atoms with Crippen LogP contribution in [0.5, 0.6) is 0 Å². The summed E-state index contributed by atoms with van der Waals surface area (Å²) in [6.45, 7) is 4.08. The summed E-state index contributed by atoms with van der Waals surface area (Å²) in [5, 5.41) is 18.9. The van der Waals surface area contributed by atoms with Gasteiger partial charge < -0.3 is 15.1 Å². The van der Waals surface area contributed by atoms with Crippen LogP contribution in [0.3, 0.4) is 0 Å². The van der Waals surface area contributed by atoms with Crippen molar-refractivity contribution in [2.24, 2.45) is 10.2 Å². The predicted molar refractivity (Wildman–Crippen MR) is 142 cm³/mol. The van der Waals surface area contributed by atoms with Crippen LogP contribution in [0.25, 0.3) is 22.7 Å². The minimum absolute atomic E-state index is 0.0532. The van der Waals surface area contributed by atoms with E-state index in [1.54, 1.807) is 24.3 Å². The zero-order valence-electron chi connectivity index (χ0n) is 22.1. The molecule has 3 heterocycles. The molecule has 0 spiro atoms. The monoisotopic (exact) mass is 565 g/mol. The number of alkyl halides is 3. The first kappa shape index (κ1) is 27.7. The minimum atomic E-state index is -4.60.